The second-order valence-corrected chi connectivity index (χ2v) is 3.88. The minimum absolute atomic E-state index is 0.147. The van der Waals surface area contributed by atoms with Crippen molar-refractivity contribution >= 4 is 6.09 Å². The molecule has 88 valence electrons. The van der Waals surface area contributed by atoms with Crippen molar-refractivity contribution < 1.29 is 9.53 Å². The minimum Gasteiger partial charge on any atom is -0.449 e. The number of hydrogen-bond acceptors (Lipinski definition) is 3. The van der Waals surface area contributed by atoms with Crippen LogP contribution in [0.15, 0.2) is 0 Å². The van der Waals surface area contributed by atoms with Crippen molar-refractivity contribution in [2.24, 2.45) is 0 Å². The number of carbonyl (C=O) groups excluding carboxylic acids is 1. The van der Waals surface area contributed by atoms with Crippen LogP contribution in [0.2, 0.25) is 0 Å². The van der Waals surface area contributed by atoms with Gasteiger partial charge >= 0.3 is 6.09 Å². The topological polar surface area (TPSA) is 41.6 Å². The van der Waals surface area contributed by atoms with Crippen LogP contribution in [0, 0.1) is 0 Å². The summed E-state index contributed by atoms with van der Waals surface area (Å²) in [6, 6.07) is 0.362. The smallest absolute Gasteiger partial charge is 0.409 e. The molecule has 1 N–H and O–H groups in total. The fourth-order valence-electron chi connectivity index (χ4n) is 1.93. The van der Waals surface area contributed by atoms with E-state index in [0.29, 0.717) is 12.6 Å². The summed E-state index contributed by atoms with van der Waals surface area (Å²) < 4.78 is 5.16. The Bertz CT molecular complexity index is 191. The maximum atomic E-state index is 11.7. The zero-order valence-electron chi connectivity index (χ0n) is 9.79. The average Bonchev–Trinajstić information content (AvgIpc) is 2.29. The molecule has 1 rings (SSSR count). The molecule has 1 aliphatic heterocycles. The van der Waals surface area contributed by atoms with E-state index in [-0.39, 0.29) is 6.09 Å². The molecule has 1 heterocycles. The van der Waals surface area contributed by atoms with Gasteiger partial charge in [-0.15, -0.1) is 0 Å². The molecule has 4 nitrogen and oxygen atoms in total. The third-order valence-corrected chi connectivity index (χ3v) is 2.75. The van der Waals surface area contributed by atoms with Gasteiger partial charge in [0.1, 0.15) is 0 Å². The lowest BCUT2D eigenvalue weighted by Crippen LogP contribution is -2.46. The van der Waals surface area contributed by atoms with Gasteiger partial charge in [-0.3, -0.25) is 0 Å². The molecule has 1 aliphatic rings. The maximum Gasteiger partial charge on any atom is 0.409 e. The molecule has 0 aromatic rings. The Morgan fingerprint density at radius 1 is 1.40 bits per heavy atom. The van der Waals surface area contributed by atoms with Gasteiger partial charge in [-0.25, -0.2) is 4.79 Å². The Hall–Kier alpha value is -0.770. The van der Waals surface area contributed by atoms with Crippen molar-refractivity contribution in [2.45, 2.75) is 39.2 Å². The summed E-state index contributed by atoms with van der Waals surface area (Å²) in [5, 5.41) is 3.30. The van der Waals surface area contributed by atoms with Crippen LogP contribution in [0.4, 0.5) is 4.79 Å². The lowest BCUT2D eigenvalue weighted by molar-refractivity contribution is 0.0813. The largest absolute Gasteiger partial charge is 0.449 e. The average molecular weight is 214 g/mol. The lowest BCUT2D eigenvalue weighted by Gasteiger charge is -2.33. The van der Waals surface area contributed by atoms with E-state index in [9.17, 15) is 4.79 Å². The Morgan fingerprint density at radius 3 is 2.60 bits per heavy atom. The van der Waals surface area contributed by atoms with Crippen molar-refractivity contribution in [2.75, 3.05) is 26.2 Å². The summed E-state index contributed by atoms with van der Waals surface area (Å²) in [6.45, 7) is 7.29. The normalized spacial score (nSPS) is 17.5. The Morgan fingerprint density at radius 2 is 2.07 bits per heavy atom. The van der Waals surface area contributed by atoms with Crippen molar-refractivity contribution in [1.29, 1.82) is 0 Å². The first-order valence-corrected chi connectivity index (χ1v) is 5.93. The zero-order chi connectivity index (χ0) is 11.1. The van der Waals surface area contributed by atoms with Crippen LogP contribution in [0.3, 0.4) is 0 Å². The fraction of sp³-hybridized carbons (Fsp3) is 0.909. The molecule has 0 radical (unpaired) electrons. The molecule has 0 bridgehead atoms. The highest BCUT2D eigenvalue weighted by atomic mass is 16.6. The highest BCUT2D eigenvalue weighted by Gasteiger charge is 2.24. The van der Waals surface area contributed by atoms with Crippen LogP contribution in [-0.2, 0) is 4.74 Å². The molecule has 0 aliphatic carbocycles. The second kappa shape index (κ2) is 6.67. The highest BCUT2D eigenvalue weighted by Crippen LogP contribution is 2.12. The molecule has 15 heavy (non-hydrogen) atoms. The molecular formula is C11H22N2O2. The number of hydrogen-bond donors (Lipinski definition) is 1. The van der Waals surface area contributed by atoms with E-state index in [1.807, 2.05) is 18.7 Å². The third-order valence-electron chi connectivity index (χ3n) is 2.75. The van der Waals surface area contributed by atoms with Crippen molar-refractivity contribution in [3.63, 3.8) is 0 Å². The van der Waals surface area contributed by atoms with Crippen LogP contribution in [-0.4, -0.2) is 43.3 Å². The van der Waals surface area contributed by atoms with Crippen LogP contribution >= 0.6 is 0 Å². The molecule has 4 heteroatoms. The standard InChI is InChI=1S/C11H22N2O2/c1-3-9-15-11(14)13(4-2)10-5-7-12-8-6-10/h10,12H,3-9H2,1-2H3. The van der Waals surface area contributed by atoms with E-state index in [1.54, 1.807) is 0 Å². The van der Waals surface area contributed by atoms with Gasteiger partial charge < -0.3 is 15.0 Å². The Labute approximate surface area is 92.0 Å². The van der Waals surface area contributed by atoms with Crippen molar-refractivity contribution in [3.8, 4) is 0 Å². The minimum atomic E-state index is -0.147. The van der Waals surface area contributed by atoms with E-state index >= 15 is 0 Å². The summed E-state index contributed by atoms with van der Waals surface area (Å²) in [5.74, 6) is 0. The van der Waals surface area contributed by atoms with Gasteiger partial charge in [-0.05, 0) is 39.3 Å². The number of amides is 1. The van der Waals surface area contributed by atoms with E-state index in [0.717, 1.165) is 38.9 Å². The van der Waals surface area contributed by atoms with Gasteiger partial charge in [-0.1, -0.05) is 6.92 Å². The van der Waals surface area contributed by atoms with Crippen LogP contribution < -0.4 is 5.32 Å². The van der Waals surface area contributed by atoms with Gasteiger partial charge in [0.05, 0.1) is 6.61 Å². The fourth-order valence-corrected chi connectivity index (χ4v) is 1.93. The monoisotopic (exact) mass is 214 g/mol. The van der Waals surface area contributed by atoms with Crippen molar-refractivity contribution in [3.05, 3.63) is 0 Å². The molecule has 0 spiro atoms. The summed E-state index contributed by atoms with van der Waals surface area (Å²) in [4.78, 5) is 13.6. The quantitative estimate of drug-likeness (QED) is 0.773. The molecule has 0 aromatic carbocycles. The van der Waals surface area contributed by atoms with Gasteiger partial charge in [0.25, 0.3) is 0 Å². The number of ether oxygens (including phenoxy) is 1. The number of rotatable bonds is 4. The van der Waals surface area contributed by atoms with Gasteiger partial charge in [0.2, 0.25) is 0 Å². The van der Waals surface area contributed by atoms with E-state index in [1.165, 1.54) is 0 Å². The molecule has 1 amide bonds. The van der Waals surface area contributed by atoms with Crippen LogP contribution in [0.1, 0.15) is 33.1 Å². The Kier molecular flexibility index (Phi) is 5.47. The predicted octanol–water partition coefficient (Wildman–Crippen LogP) is 1.61. The van der Waals surface area contributed by atoms with Gasteiger partial charge in [0.15, 0.2) is 0 Å². The number of nitrogens with one attached hydrogen (secondary N) is 1. The number of carbonyl (C=O) groups is 1. The zero-order valence-corrected chi connectivity index (χ0v) is 9.79. The molecule has 1 saturated heterocycles. The molecule has 1 fully saturated rings. The Balaban J connectivity index is 2.41. The van der Waals surface area contributed by atoms with E-state index < -0.39 is 0 Å². The molecular weight excluding hydrogens is 192 g/mol. The lowest BCUT2D eigenvalue weighted by atomic mass is 10.1. The third kappa shape index (κ3) is 3.70. The first-order valence-electron chi connectivity index (χ1n) is 5.93. The number of nitrogens with zero attached hydrogens (tertiary/aromatic N) is 1. The first-order chi connectivity index (χ1) is 7.29. The molecule has 0 saturated carbocycles. The van der Waals surface area contributed by atoms with Gasteiger partial charge in [-0.2, -0.15) is 0 Å². The second-order valence-electron chi connectivity index (χ2n) is 3.88. The summed E-state index contributed by atoms with van der Waals surface area (Å²) in [6.07, 6.45) is 2.81. The van der Waals surface area contributed by atoms with Gasteiger partial charge in [0, 0.05) is 12.6 Å². The maximum absolute atomic E-state index is 11.7. The molecule has 0 aromatic heterocycles. The highest BCUT2D eigenvalue weighted by molar-refractivity contribution is 5.68. The van der Waals surface area contributed by atoms with Crippen molar-refractivity contribution in [1.82, 2.24) is 10.2 Å². The van der Waals surface area contributed by atoms with E-state index in [2.05, 4.69) is 5.32 Å². The summed E-state index contributed by atoms with van der Waals surface area (Å²) in [7, 11) is 0. The number of piperidine rings is 1. The summed E-state index contributed by atoms with van der Waals surface area (Å²) >= 11 is 0. The predicted molar refractivity (Wildman–Crippen MR) is 59.9 cm³/mol. The van der Waals surface area contributed by atoms with Crippen LogP contribution in [0.5, 0.6) is 0 Å². The summed E-state index contributed by atoms with van der Waals surface area (Å²) in [5.41, 5.74) is 0. The van der Waals surface area contributed by atoms with Crippen LogP contribution in [0.25, 0.3) is 0 Å². The van der Waals surface area contributed by atoms with E-state index in [4.69, 9.17) is 4.74 Å². The molecule has 0 unspecified atom stereocenters. The molecule has 0 atom stereocenters. The SMILES string of the molecule is CCCOC(=O)N(CC)C1CCNCC1. The first kappa shape index (κ1) is 12.3.